The zero-order valence-electron chi connectivity index (χ0n) is 13.4. The van der Waals surface area contributed by atoms with Crippen molar-refractivity contribution in [2.45, 2.75) is 37.6 Å². The minimum Gasteiger partial charge on any atom is -0.310 e. The summed E-state index contributed by atoms with van der Waals surface area (Å²) < 4.78 is 2.01. The molecule has 3 nitrogen and oxygen atoms in total. The molecule has 1 aromatic carbocycles. The predicted octanol–water partition coefficient (Wildman–Crippen LogP) is 3.60. The van der Waals surface area contributed by atoms with Crippen molar-refractivity contribution in [3.8, 4) is 0 Å². The van der Waals surface area contributed by atoms with E-state index in [1.165, 1.54) is 21.8 Å². The summed E-state index contributed by atoms with van der Waals surface area (Å²) in [5, 5.41) is 8.14. The van der Waals surface area contributed by atoms with Crippen molar-refractivity contribution in [2.75, 3.05) is 12.8 Å². The summed E-state index contributed by atoms with van der Waals surface area (Å²) in [6.07, 6.45) is 4.07. The van der Waals surface area contributed by atoms with Crippen LogP contribution in [0.15, 0.2) is 35.2 Å². The molecule has 0 saturated carbocycles. The Bertz CT molecular complexity index is 560. The molecule has 1 heterocycles. The van der Waals surface area contributed by atoms with Gasteiger partial charge < -0.3 is 5.32 Å². The third-order valence-corrected chi connectivity index (χ3v) is 4.52. The SMILES string of the molecule is CCNC(Cc1cc(CC)nn1C)c1ccc(SC)cc1. The minimum atomic E-state index is 0.339. The lowest BCUT2D eigenvalue weighted by atomic mass is 10.0. The van der Waals surface area contributed by atoms with E-state index in [1.807, 2.05) is 11.7 Å². The Labute approximate surface area is 132 Å². The van der Waals surface area contributed by atoms with Crippen LogP contribution in [0, 0.1) is 0 Å². The van der Waals surface area contributed by atoms with E-state index in [-0.39, 0.29) is 0 Å². The molecule has 0 aliphatic carbocycles. The minimum absolute atomic E-state index is 0.339. The Morgan fingerprint density at radius 2 is 1.95 bits per heavy atom. The second kappa shape index (κ2) is 7.66. The van der Waals surface area contributed by atoms with Crippen molar-refractivity contribution in [2.24, 2.45) is 7.05 Å². The van der Waals surface area contributed by atoms with Gasteiger partial charge >= 0.3 is 0 Å². The van der Waals surface area contributed by atoms with Crippen LogP contribution in [0.3, 0.4) is 0 Å². The number of rotatable bonds is 7. The Morgan fingerprint density at radius 1 is 1.24 bits per heavy atom. The summed E-state index contributed by atoms with van der Waals surface area (Å²) in [5.74, 6) is 0. The van der Waals surface area contributed by atoms with Crippen LogP contribution in [0.1, 0.15) is 36.8 Å². The fourth-order valence-corrected chi connectivity index (χ4v) is 2.94. The molecule has 4 heteroatoms. The summed E-state index contributed by atoms with van der Waals surface area (Å²) in [6, 6.07) is 11.4. The lowest BCUT2D eigenvalue weighted by molar-refractivity contribution is 0.528. The van der Waals surface area contributed by atoms with Gasteiger partial charge in [-0.3, -0.25) is 4.68 Å². The van der Waals surface area contributed by atoms with Crippen LogP contribution in [-0.4, -0.2) is 22.6 Å². The molecule has 0 saturated heterocycles. The Morgan fingerprint density at radius 3 is 2.48 bits per heavy atom. The number of nitrogens with one attached hydrogen (secondary N) is 1. The van der Waals surface area contributed by atoms with E-state index < -0.39 is 0 Å². The Hall–Kier alpha value is -1.26. The van der Waals surface area contributed by atoms with Crippen molar-refractivity contribution in [3.63, 3.8) is 0 Å². The van der Waals surface area contributed by atoms with Gasteiger partial charge in [0.15, 0.2) is 0 Å². The van der Waals surface area contributed by atoms with E-state index in [0.29, 0.717) is 6.04 Å². The third kappa shape index (κ3) is 4.11. The highest BCUT2D eigenvalue weighted by molar-refractivity contribution is 7.98. The number of benzene rings is 1. The normalized spacial score (nSPS) is 12.6. The smallest absolute Gasteiger partial charge is 0.0624 e. The molecule has 0 fully saturated rings. The topological polar surface area (TPSA) is 29.9 Å². The molecule has 0 spiro atoms. The molecular weight excluding hydrogens is 278 g/mol. The van der Waals surface area contributed by atoms with E-state index in [9.17, 15) is 0 Å². The lowest BCUT2D eigenvalue weighted by Crippen LogP contribution is -2.23. The summed E-state index contributed by atoms with van der Waals surface area (Å²) in [7, 11) is 2.04. The maximum atomic E-state index is 4.55. The second-order valence-corrected chi connectivity index (χ2v) is 6.07. The fourth-order valence-electron chi connectivity index (χ4n) is 2.53. The van der Waals surface area contributed by atoms with E-state index in [4.69, 9.17) is 0 Å². The zero-order chi connectivity index (χ0) is 15.2. The summed E-state index contributed by atoms with van der Waals surface area (Å²) in [6.45, 7) is 5.27. The largest absolute Gasteiger partial charge is 0.310 e. The Balaban J connectivity index is 2.19. The van der Waals surface area contributed by atoms with Gasteiger partial charge in [0.2, 0.25) is 0 Å². The number of thioether (sulfide) groups is 1. The number of hydrogen-bond acceptors (Lipinski definition) is 3. The Kier molecular flexibility index (Phi) is 5.88. The van der Waals surface area contributed by atoms with Crippen LogP contribution < -0.4 is 5.32 Å². The van der Waals surface area contributed by atoms with Gasteiger partial charge in [0.1, 0.15) is 0 Å². The quantitative estimate of drug-likeness (QED) is 0.793. The molecule has 1 unspecified atom stereocenters. The number of aryl methyl sites for hydroxylation is 2. The van der Waals surface area contributed by atoms with Crippen LogP contribution in [0.4, 0.5) is 0 Å². The van der Waals surface area contributed by atoms with Gasteiger partial charge in [-0.25, -0.2) is 0 Å². The average Bonchev–Trinajstić information content (AvgIpc) is 2.87. The highest BCUT2D eigenvalue weighted by Crippen LogP contribution is 2.22. The van der Waals surface area contributed by atoms with Gasteiger partial charge in [-0.2, -0.15) is 5.10 Å². The monoisotopic (exact) mass is 303 g/mol. The first-order chi connectivity index (χ1) is 10.2. The van der Waals surface area contributed by atoms with Gasteiger partial charge in [0.25, 0.3) is 0 Å². The first-order valence-electron chi connectivity index (χ1n) is 7.57. The standard InChI is InChI=1S/C17H25N3S/c1-5-14-11-15(20(3)19-14)12-17(18-6-2)13-7-9-16(21-4)10-8-13/h7-11,17-18H,5-6,12H2,1-4H3. The van der Waals surface area contributed by atoms with Crippen LogP contribution in [0.5, 0.6) is 0 Å². The zero-order valence-corrected chi connectivity index (χ0v) is 14.2. The van der Waals surface area contributed by atoms with Crippen LogP contribution >= 0.6 is 11.8 Å². The summed E-state index contributed by atoms with van der Waals surface area (Å²) >= 11 is 1.78. The van der Waals surface area contributed by atoms with Crippen molar-refractivity contribution in [3.05, 3.63) is 47.3 Å². The molecule has 0 bridgehead atoms. The molecule has 21 heavy (non-hydrogen) atoms. The van der Waals surface area contributed by atoms with E-state index >= 15 is 0 Å². The molecule has 2 rings (SSSR count). The second-order valence-electron chi connectivity index (χ2n) is 5.19. The van der Waals surface area contributed by atoms with Crippen molar-refractivity contribution < 1.29 is 0 Å². The van der Waals surface area contributed by atoms with E-state index in [0.717, 1.165) is 19.4 Å². The molecule has 0 radical (unpaired) electrons. The maximum Gasteiger partial charge on any atom is 0.0624 e. The van der Waals surface area contributed by atoms with Crippen LogP contribution in [-0.2, 0) is 19.9 Å². The van der Waals surface area contributed by atoms with Crippen LogP contribution in [0.25, 0.3) is 0 Å². The fraction of sp³-hybridized carbons (Fsp3) is 0.471. The molecule has 2 aromatic rings. The van der Waals surface area contributed by atoms with Gasteiger partial charge in [0.05, 0.1) is 5.69 Å². The van der Waals surface area contributed by atoms with E-state index in [2.05, 4.69) is 60.9 Å². The molecule has 1 N–H and O–H groups in total. The first-order valence-corrected chi connectivity index (χ1v) is 8.79. The number of aromatic nitrogens is 2. The molecular formula is C17H25N3S. The van der Waals surface area contributed by atoms with Gasteiger partial charge in [0, 0.05) is 30.1 Å². The molecule has 0 aliphatic heterocycles. The van der Waals surface area contributed by atoms with Crippen molar-refractivity contribution >= 4 is 11.8 Å². The van der Waals surface area contributed by atoms with Crippen molar-refractivity contribution in [1.82, 2.24) is 15.1 Å². The molecule has 1 aromatic heterocycles. The molecule has 114 valence electrons. The van der Waals surface area contributed by atoms with Gasteiger partial charge in [-0.1, -0.05) is 26.0 Å². The number of likely N-dealkylation sites (N-methyl/N-ethyl adjacent to an activating group) is 1. The third-order valence-electron chi connectivity index (χ3n) is 3.77. The average molecular weight is 303 g/mol. The first kappa shape index (κ1) is 16.1. The lowest BCUT2D eigenvalue weighted by Gasteiger charge is -2.18. The van der Waals surface area contributed by atoms with Crippen LogP contribution in [0.2, 0.25) is 0 Å². The molecule has 0 aliphatic rings. The number of nitrogens with zero attached hydrogens (tertiary/aromatic N) is 2. The predicted molar refractivity (Wildman–Crippen MR) is 90.9 cm³/mol. The van der Waals surface area contributed by atoms with E-state index in [1.54, 1.807) is 11.8 Å². The summed E-state index contributed by atoms with van der Waals surface area (Å²) in [5.41, 5.74) is 3.79. The molecule has 0 amide bonds. The highest BCUT2D eigenvalue weighted by atomic mass is 32.2. The maximum absolute atomic E-state index is 4.55. The summed E-state index contributed by atoms with van der Waals surface area (Å²) in [4.78, 5) is 1.31. The highest BCUT2D eigenvalue weighted by Gasteiger charge is 2.14. The molecule has 1 atom stereocenters. The van der Waals surface area contributed by atoms with Gasteiger partial charge in [-0.15, -0.1) is 11.8 Å². The van der Waals surface area contributed by atoms with Gasteiger partial charge in [-0.05, 0) is 43.0 Å². The van der Waals surface area contributed by atoms with Crippen molar-refractivity contribution in [1.29, 1.82) is 0 Å². The number of hydrogen-bond donors (Lipinski definition) is 1.